The van der Waals surface area contributed by atoms with Gasteiger partial charge >= 0.3 is 5.97 Å². The van der Waals surface area contributed by atoms with Crippen LogP contribution in [0.25, 0.3) is 0 Å². The summed E-state index contributed by atoms with van der Waals surface area (Å²) in [5.74, 6) is -0.0668. The van der Waals surface area contributed by atoms with Crippen molar-refractivity contribution in [1.29, 1.82) is 0 Å². The first-order valence-electron chi connectivity index (χ1n) is 10.2. The molecule has 2 aromatic carbocycles. The Balaban J connectivity index is 1.75. The summed E-state index contributed by atoms with van der Waals surface area (Å²) in [7, 11) is -4.38. The van der Waals surface area contributed by atoms with E-state index in [0.29, 0.717) is 22.8 Å². The number of nitrogens with zero attached hydrogens (tertiary/aromatic N) is 3. The second-order valence-corrected chi connectivity index (χ2v) is 8.67. The van der Waals surface area contributed by atoms with E-state index in [4.69, 9.17) is 11.3 Å². The zero-order valence-electron chi connectivity index (χ0n) is 18.6. The van der Waals surface area contributed by atoms with Crippen molar-refractivity contribution in [2.75, 3.05) is 16.8 Å². The highest BCUT2D eigenvalue weighted by molar-refractivity contribution is 7.85. The standard InChI is InChI=1S/C21H21N5O6S/c1-13-10-19(22-14(13)2)26-24-21(15-4-3-5-17(11-15)32-12-20(27)28)23-25(26)16-6-8-18(9-7-16)33(29,30)31/h3-11,22H,12H2,1-2H3,(H,23,24)(H,27,28)(H,29,30,31)/i/hD. The predicted molar refractivity (Wildman–Crippen MR) is 121 cm³/mol. The number of anilines is 2. The van der Waals surface area contributed by atoms with Gasteiger partial charge in [-0.2, -0.15) is 13.5 Å². The van der Waals surface area contributed by atoms with E-state index in [1.165, 1.54) is 34.5 Å². The Kier molecular flexibility index (Phi) is 5.36. The normalized spacial score (nSPS) is 14.3. The molecule has 1 aliphatic heterocycles. The summed E-state index contributed by atoms with van der Waals surface area (Å²) in [4.78, 5) is 13.7. The van der Waals surface area contributed by atoms with Gasteiger partial charge in [-0.3, -0.25) is 9.97 Å². The third-order valence-corrected chi connectivity index (χ3v) is 5.72. The number of carboxylic acid groups (broad SMARTS) is 1. The third-order valence-electron chi connectivity index (χ3n) is 4.85. The number of H-pyrrole nitrogens is 1. The van der Waals surface area contributed by atoms with E-state index in [1.54, 1.807) is 24.3 Å². The van der Waals surface area contributed by atoms with Gasteiger partial charge in [-0.1, -0.05) is 12.1 Å². The van der Waals surface area contributed by atoms with E-state index in [-0.39, 0.29) is 10.7 Å². The number of hydrogen-bond donors (Lipinski definition) is 4. The lowest BCUT2D eigenvalue weighted by molar-refractivity contribution is -0.139. The van der Waals surface area contributed by atoms with E-state index in [2.05, 4.69) is 10.1 Å². The number of ether oxygens (including phenoxy) is 1. The zero-order chi connectivity index (χ0) is 24.6. The lowest BCUT2D eigenvalue weighted by Crippen LogP contribution is -2.44. The second kappa shape index (κ2) is 8.48. The van der Waals surface area contributed by atoms with Gasteiger partial charge in [0, 0.05) is 11.3 Å². The molecule has 0 saturated heterocycles. The van der Waals surface area contributed by atoms with Gasteiger partial charge in [0.15, 0.2) is 19.7 Å². The van der Waals surface area contributed by atoms with Crippen molar-refractivity contribution in [2.45, 2.75) is 18.7 Å². The van der Waals surface area contributed by atoms with Crippen LogP contribution in [0.1, 0.15) is 16.8 Å². The van der Waals surface area contributed by atoms with E-state index < -0.39 is 22.7 Å². The molecule has 1 aliphatic rings. The van der Waals surface area contributed by atoms with Crippen molar-refractivity contribution in [1.82, 2.24) is 10.4 Å². The molecule has 0 bridgehead atoms. The van der Waals surface area contributed by atoms with Crippen molar-refractivity contribution < 1.29 is 29.0 Å². The Morgan fingerprint density at radius 1 is 1.18 bits per heavy atom. The van der Waals surface area contributed by atoms with Crippen LogP contribution in [0.15, 0.2) is 64.6 Å². The van der Waals surface area contributed by atoms with Crippen LogP contribution in [0.4, 0.5) is 11.5 Å². The van der Waals surface area contributed by atoms with Crippen LogP contribution in [-0.2, 0) is 14.9 Å². The van der Waals surface area contributed by atoms with E-state index in [1.807, 2.05) is 19.9 Å². The smallest absolute Gasteiger partial charge is 0.341 e. The molecule has 0 fully saturated rings. The molecule has 0 spiro atoms. The topological polar surface area (TPSA) is 148 Å². The first kappa shape index (κ1) is 20.8. The minimum absolute atomic E-state index is 0.199. The first-order chi connectivity index (χ1) is 16.0. The molecule has 0 unspecified atom stereocenters. The first-order valence-corrected chi connectivity index (χ1v) is 11.1. The lowest BCUT2D eigenvalue weighted by Gasteiger charge is -2.27. The fourth-order valence-corrected chi connectivity index (χ4v) is 3.57. The van der Waals surface area contributed by atoms with Crippen LogP contribution in [0.2, 0.25) is 1.41 Å². The third kappa shape index (κ3) is 4.76. The maximum Gasteiger partial charge on any atom is 0.341 e. The van der Waals surface area contributed by atoms with Gasteiger partial charge in [0.05, 0.1) is 10.6 Å². The van der Waals surface area contributed by atoms with Gasteiger partial charge in [-0.15, -0.1) is 10.2 Å². The Morgan fingerprint density at radius 2 is 1.91 bits per heavy atom. The molecule has 0 atom stereocenters. The molecule has 1 aromatic heterocycles. The summed E-state index contributed by atoms with van der Waals surface area (Å²) in [5, 5.41) is 16.3. The number of aryl methyl sites for hydroxylation is 2. The minimum Gasteiger partial charge on any atom is -0.482 e. The van der Waals surface area contributed by atoms with E-state index in [0.717, 1.165) is 16.7 Å². The molecule has 11 nitrogen and oxygen atoms in total. The molecule has 0 aliphatic carbocycles. The number of rotatable bonds is 7. The van der Waals surface area contributed by atoms with Crippen LogP contribution in [-0.4, -0.2) is 41.5 Å². The summed E-state index contributed by atoms with van der Waals surface area (Å²) < 4.78 is 46.1. The van der Waals surface area contributed by atoms with E-state index >= 15 is 0 Å². The van der Waals surface area contributed by atoms with Crippen molar-refractivity contribution in [3.63, 3.8) is 0 Å². The molecule has 2 heterocycles. The SMILES string of the molecule is [2H]N1C(c2cccc(OCC(=O)O)c2)=NN(c2cc(C)c(C)[nH]2)N1c1ccc(S(=O)(=O)O)cc1. The molecule has 0 radical (unpaired) electrons. The molecule has 12 heteroatoms. The summed E-state index contributed by atoms with van der Waals surface area (Å²) in [6, 6.07) is 13.7. The Labute approximate surface area is 191 Å². The van der Waals surface area contributed by atoms with Crippen molar-refractivity contribution in [3.8, 4) is 5.75 Å². The summed E-state index contributed by atoms with van der Waals surface area (Å²) >= 11 is 0. The molecule has 4 rings (SSSR count). The molecule has 172 valence electrons. The number of nitrogens with one attached hydrogen (secondary N) is 2. The van der Waals surface area contributed by atoms with Crippen molar-refractivity contribution in [2.24, 2.45) is 5.10 Å². The van der Waals surface area contributed by atoms with Gasteiger partial charge in [-0.25, -0.2) is 4.79 Å². The number of aliphatic carboxylic acids is 1. The second-order valence-electron chi connectivity index (χ2n) is 7.24. The Morgan fingerprint density at radius 3 is 2.52 bits per heavy atom. The Hall–Kier alpha value is -4.03. The van der Waals surface area contributed by atoms with Gasteiger partial charge in [0.1, 0.15) is 5.75 Å². The molecular formula is C21H21N5O6S. The molecule has 0 saturated carbocycles. The highest BCUT2D eigenvalue weighted by Gasteiger charge is 2.28. The van der Waals surface area contributed by atoms with Gasteiger partial charge in [0.2, 0.25) is 0 Å². The van der Waals surface area contributed by atoms with Crippen molar-refractivity contribution >= 4 is 33.4 Å². The highest BCUT2D eigenvalue weighted by atomic mass is 32.2. The fourth-order valence-electron chi connectivity index (χ4n) is 3.09. The maximum absolute atomic E-state index is 11.4. The van der Waals surface area contributed by atoms with Crippen LogP contribution < -0.4 is 20.4 Å². The summed E-state index contributed by atoms with van der Waals surface area (Å²) in [6.07, 6.45) is 0. The maximum atomic E-state index is 11.4. The number of hydrogen-bond acceptors (Lipinski definition) is 8. The summed E-state index contributed by atoms with van der Waals surface area (Å²) in [6.45, 7) is 3.30. The van der Waals surface area contributed by atoms with E-state index in [9.17, 15) is 17.8 Å². The zero-order valence-corrected chi connectivity index (χ0v) is 18.4. The largest absolute Gasteiger partial charge is 0.482 e. The van der Waals surface area contributed by atoms with Crippen LogP contribution in [0, 0.1) is 13.8 Å². The monoisotopic (exact) mass is 472 g/mol. The number of carboxylic acids is 1. The summed E-state index contributed by atoms with van der Waals surface area (Å²) in [5.41, 5.74) is 3.76. The molecule has 3 aromatic rings. The number of aromatic nitrogens is 1. The van der Waals surface area contributed by atoms with Crippen LogP contribution in [0.3, 0.4) is 0 Å². The molecule has 33 heavy (non-hydrogen) atoms. The Bertz CT molecular complexity index is 1350. The molecular weight excluding hydrogens is 450 g/mol. The predicted octanol–water partition coefficient (Wildman–Crippen LogP) is 2.45. The minimum atomic E-state index is -4.38. The number of hydrazone groups is 1. The lowest BCUT2D eigenvalue weighted by atomic mass is 10.2. The number of aromatic amines is 1. The average Bonchev–Trinajstić information content (AvgIpc) is 3.30. The number of carbonyl (C=O) groups is 1. The highest BCUT2D eigenvalue weighted by Crippen LogP contribution is 2.28. The quantitative estimate of drug-likeness (QED) is 0.381. The average molecular weight is 473 g/mol. The van der Waals surface area contributed by atoms with Crippen LogP contribution >= 0.6 is 0 Å². The van der Waals surface area contributed by atoms with Crippen LogP contribution in [0.5, 0.6) is 5.75 Å². The number of amidine groups is 1. The fraction of sp³-hybridized carbons (Fsp3) is 0.143. The molecule has 0 amide bonds. The number of benzene rings is 2. The van der Waals surface area contributed by atoms with Gasteiger partial charge < -0.3 is 14.8 Å². The van der Waals surface area contributed by atoms with Gasteiger partial charge in [0.25, 0.3) is 10.1 Å². The molecule has 4 N–H and O–H groups in total. The van der Waals surface area contributed by atoms with Crippen molar-refractivity contribution in [3.05, 3.63) is 71.4 Å². The van der Waals surface area contributed by atoms with Gasteiger partial charge in [-0.05, 0) is 61.9 Å². The number of hydrazine groups is 2.